The summed E-state index contributed by atoms with van der Waals surface area (Å²) in [4.78, 5) is 16.5. The number of halogens is 1. The number of hydrogen-bond acceptors (Lipinski definition) is 4. The summed E-state index contributed by atoms with van der Waals surface area (Å²) in [5.41, 5.74) is 7.01. The number of nitrogens with one attached hydrogen (secondary N) is 2. The number of anilines is 1. The van der Waals surface area contributed by atoms with Crippen molar-refractivity contribution in [1.29, 1.82) is 0 Å². The van der Waals surface area contributed by atoms with Gasteiger partial charge in [-0.3, -0.25) is 15.6 Å². The average molecular weight is 320 g/mol. The summed E-state index contributed by atoms with van der Waals surface area (Å²) in [5.74, 6) is 0.317. The smallest absolute Gasteiger partial charge is 0.223 e. The molecule has 2 saturated heterocycles. The average Bonchev–Trinajstić information content (AvgIpc) is 2.87. The van der Waals surface area contributed by atoms with E-state index >= 15 is 0 Å². The molecule has 2 N–H and O–H groups in total. The van der Waals surface area contributed by atoms with Crippen LogP contribution in [-0.2, 0) is 4.79 Å². The van der Waals surface area contributed by atoms with Gasteiger partial charge in [0.05, 0.1) is 5.69 Å². The molecule has 2 atom stereocenters. The lowest BCUT2D eigenvalue weighted by atomic mass is 9.92. The van der Waals surface area contributed by atoms with Crippen LogP contribution in [0.1, 0.15) is 20.3 Å². The highest BCUT2D eigenvalue weighted by Gasteiger charge is 2.33. The number of carbonyl (C=O) groups is 1. The summed E-state index contributed by atoms with van der Waals surface area (Å²) in [7, 11) is 0. The number of hydrazine groups is 1. The molecule has 0 saturated carbocycles. The lowest BCUT2D eigenvalue weighted by Gasteiger charge is -2.37. The first kappa shape index (κ1) is 16.2. The first-order valence-electron chi connectivity index (χ1n) is 8.34. The summed E-state index contributed by atoms with van der Waals surface area (Å²) in [6, 6.07) is 7.42. The van der Waals surface area contributed by atoms with Crippen molar-refractivity contribution in [2.24, 2.45) is 5.92 Å². The second kappa shape index (κ2) is 6.84. The van der Waals surface area contributed by atoms with Gasteiger partial charge in [-0.15, -0.1) is 0 Å². The fraction of sp³-hybridized carbons (Fsp3) is 0.588. The minimum Gasteiger partial charge on any atom is -0.366 e. The van der Waals surface area contributed by atoms with Crippen LogP contribution in [0.3, 0.4) is 0 Å². The van der Waals surface area contributed by atoms with Crippen molar-refractivity contribution < 1.29 is 9.18 Å². The Hall–Kier alpha value is -1.66. The molecule has 5 nitrogen and oxygen atoms in total. The minimum atomic E-state index is -0.196. The number of nitrogens with zero attached hydrogens (tertiary/aromatic N) is 2. The lowest BCUT2D eigenvalue weighted by Crippen LogP contribution is -2.49. The highest BCUT2D eigenvalue weighted by atomic mass is 19.1. The molecule has 2 fully saturated rings. The van der Waals surface area contributed by atoms with Gasteiger partial charge in [0.15, 0.2) is 0 Å². The van der Waals surface area contributed by atoms with E-state index in [2.05, 4.69) is 24.7 Å². The molecule has 2 unspecified atom stereocenters. The Balaban J connectivity index is 1.54. The van der Waals surface area contributed by atoms with Crippen LogP contribution in [0.4, 0.5) is 10.1 Å². The third-order valence-electron chi connectivity index (χ3n) is 5.06. The second-order valence-electron chi connectivity index (χ2n) is 6.55. The van der Waals surface area contributed by atoms with Gasteiger partial charge in [-0.25, -0.2) is 4.39 Å². The molecule has 0 aliphatic carbocycles. The van der Waals surface area contributed by atoms with Gasteiger partial charge in [0, 0.05) is 50.6 Å². The van der Waals surface area contributed by atoms with E-state index < -0.39 is 0 Å². The van der Waals surface area contributed by atoms with Gasteiger partial charge in [-0.05, 0) is 26.0 Å². The van der Waals surface area contributed by atoms with Crippen molar-refractivity contribution in [3.63, 3.8) is 0 Å². The molecule has 23 heavy (non-hydrogen) atoms. The number of para-hydroxylation sites is 1. The van der Waals surface area contributed by atoms with Crippen LogP contribution < -0.4 is 15.8 Å². The quantitative estimate of drug-likeness (QED) is 0.883. The number of piperazine rings is 1. The molecule has 2 aliphatic heterocycles. The van der Waals surface area contributed by atoms with Gasteiger partial charge in [-0.1, -0.05) is 12.1 Å². The molecule has 0 aromatic heterocycles. The van der Waals surface area contributed by atoms with Gasteiger partial charge in [0.25, 0.3) is 0 Å². The number of benzene rings is 1. The van der Waals surface area contributed by atoms with E-state index in [9.17, 15) is 9.18 Å². The molecule has 1 aromatic carbocycles. The Morgan fingerprint density at radius 1 is 1.13 bits per heavy atom. The van der Waals surface area contributed by atoms with Gasteiger partial charge >= 0.3 is 0 Å². The molecule has 0 spiro atoms. The molecule has 126 valence electrons. The van der Waals surface area contributed by atoms with Crippen molar-refractivity contribution in [3.05, 3.63) is 30.1 Å². The standard InChI is InChI=1S/C17H25FN4O/c1-12-14(13(2)20-19-12)11-17(23)22-9-7-21(8-10-22)16-6-4-3-5-15(16)18/h3-6,12-14,19-20H,7-11H2,1-2H3. The first-order valence-corrected chi connectivity index (χ1v) is 8.34. The molecule has 2 heterocycles. The zero-order valence-corrected chi connectivity index (χ0v) is 13.8. The summed E-state index contributed by atoms with van der Waals surface area (Å²) < 4.78 is 13.9. The molecular formula is C17H25FN4O. The molecule has 1 amide bonds. The molecule has 3 rings (SSSR count). The van der Waals surface area contributed by atoms with Crippen molar-refractivity contribution in [2.75, 3.05) is 31.1 Å². The maximum atomic E-state index is 13.9. The summed E-state index contributed by atoms with van der Waals surface area (Å²) in [6.07, 6.45) is 0.558. The number of carbonyl (C=O) groups excluding carboxylic acids is 1. The van der Waals surface area contributed by atoms with E-state index in [1.54, 1.807) is 12.1 Å². The van der Waals surface area contributed by atoms with Crippen LogP contribution >= 0.6 is 0 Å². The molecule has 0 radical (unpaired) electrons. The second-order valence-corrected chi connectivity index (χ2v) is 6.55. The molecule has 2 aliphatic rings. The minimum absolute atomic E-state index is 0.196. The fourth-order valence-corrected chi connectivity index (χ4v) is 3.50. The highest BCUT2D eigenvalue weighted by Crippen LogP contribution is 2.22. The monoisotopic (exact) mass is 320 g/mol. The molecule has 0 bridgehead atoms. The summed E-state index contributed by atoms with van der Waals surface area (Å²) in [5, 5.41) is 0. The summed E-state index contributed by atoms with van der Waals surface area (Å²) in [6.45, 7) is 6.88. The Bertz CT molecular complexity index is 549. The number of hydrogen-bond donors (Lipinski definition) is 2. The maximum absolute atomic E-state index is 13.9. The van der Waals surface area contributed by atoms with Crippen LogP contribution in [0, 0.1) is 11.7 Å². The Morgan fingerprint density at radius 2 is 1.74 bits per heavy atom. The Morgan fingerprint density at radius 3 is 2.35 bits per heavy atom. The van der Waals surface area contributed by atoms with E-state index in [0.29, 0.717) is 56.3 Å². The van der Waals surface area contributed by atoms with Crippen LogP contribution in [0.2, 0.25) is 0 Å². The van der Waals surface area contributed by atoms with Crippen molar-refractivity contribution in [1.82, 2.24) is 15.8 Å². The van der Waals surface area contributed by atoms with Crippen molar-refractivity contribution in [2.45, 2.75) is 32.4 Å². The molecule has 1 aromatic rings. The van der Waals surface area contributed by atoms with Crippen LogP contribution in [0.5, 0.6) is 0 Å². The Labute approximate surface area is 136 Å². The van der Waals surface area contributed by atoms with Crippen molar-refractivity contribution >= 4 is 11.6 Å². The predicted molar refractivity (Wildman–Crippen MR) is 88.5 cm³/mol. The third-order valence-corrected chi connectivity index (χ3v) is 5.06. The number of amides is 1. The van der Waals surface area contributed by atoms with Crippen LogP contribution in [0.15, 0.2) is 24.3 Å². The van der Waals surface area contributed by atoms with Gasteiger partial charge < -0.3 is 9.80 Å². The number of rotatable bonds is 3. The van der Waals surface area contributed by atoms with Crippen LogP contribution in [-0.4, -0.2) is 49.1 Å². The zero-order valence-electron chi connectivity index (χ0n) is 13.8. The Kier molecular flexibility index (Phi) is 4.82. The zero-order chi connectivity index (χ0) is 16.4. The normalized spacial score (nSPS) is 28.2. The van der Waals surface area contributed by atoms with E-state index in [1.165, 1.54) is 6.07 Å². The largest absolute Gasteiger partial charge is 0.366 e. The molecular weight excluding hydrogens is 295 g/mol. The maximum Gasteiger partial charge on any atom is 0.223 e. The van der Waals surface area contributed by atoms with Crippen LogP contribution in [0.25, 0.3) is 0 Å². The SMILES string of the molecule is CC1NNC(C)C1CC(=O)N1CCN(c2ccccc2F)CC1. The van der Waals surface area contributed by atoms with E-state index in [4.69, 9.17) is 0 Å². The van der Waals surface area contributed by atoms with Gasteiger partial charge in [0.1, 0.15) is 5.82 Å². The lowest BCUT2D eigenvalue weighted by molar-refractivity contribution is -0.132. The van der Waals surface area contributed by atoms with E-state index in [0.717, 1.165) is 0 Å². The molecule has 6 heteroatoms. The summed E-state index contributed by atoms with van der Waals surface area (Å²) >= 11 is 0. The predicted octanol–water partition coefficient (Wildman–Crippen LogP) is 1.37. The van der Waals surface area contributed by atoms with Crippen molar-refractivity contribution in [3.8, 4) is 0 Å². The van der Waals surface area contributed by atoms with E-state index in [-0.39, 0.29) is 11.7 Å². The third kappa shape index (κ3) is 3.48. The van der Waals surface area contributed by atoms with E-state index in [1.807, 2.05) is 15.9 Å². The first-order chi connectivity index (χ1) is 11.1. The van der Waals surface area contributed by atoms with Gasteiger partial charge in [0.2, 0.25) is 5.91 Å². The van der Waals surface area contributed by atoms with Gasteiger partial charge in [-0.2, -0.15) is 0 Å². The topological polar surface area (TPSA) is 47.6 Å². The highest BCUT2D eigenvalue weighted by molar-refractivity contribution is 5.77. The fourth-order valence-electron chi connectivity index (χ4n) is 3.50.